The third-order valence-corrected chi connectivity index (χ3v) is 18.9. The van der Waals surface area contributed by atoms with Gasteiger partial charge in [0.2, 0.25) is 29.5 Å². The number of aliphatic hydroxyl groups is 8. The smallest absolute Gasteiger partial charge is 0.404 e. The monoisotopic (exact) mass is 1430 g/mol. The quantitative estimate of drug-likeness (QED) is 0.0150. The molecule has 97 heavy (non-hydrogen) atoms. The largest absolute Gasteiger partial charge is 0.441 e. The number of hydrogen-bond donors (Lipinski definition) is 20. The number of thiazole rings is 2. The van der Waals surface area contributed by atoms with Gasteiger partial charge in [-0.25, -0.2) is 29.7 Å². The van der Waals surface area contributed by atoms with E-state index in [4.69, 9.17) is 52.4 Å². The molecule has 38 nitrogen and oxygen atoms in total. The SMILES string of the molecule is Cc1c(N)nc([C@H](CC(N)=O)NC[C@H](N)C(N)=O)nc1C(=O)N[C@H](C(=O)N[C@H](C)[C@@H](O)[C@H](C)C(=O)N[C@H](C(=O)NCCc1nc(-c2nc(C(=O)NCCC[S+](C)C)cs2)cs1)C1(O)CC1)[C@@H](O[C@@H]1O[C@@H](CO)[C@@H](O)[C@H](O)[C@@H]1O[C@H]1O[C@H](CO)[C@@H](O)[C@H](OC(N)=O)[C@@H]1O)c1cnc[nH]1. The molecular formula is C56H84N17O21S3+. The van der Waals surface area contributed by atoms with Crippen LogP contribution < -0.4 is 60.6 Å². The minimum Gasteiger partial charge on any atom is -0.441 e. The molecule has 41 heteroatoms. The van der Waals surface area contributed by atoms with Crippen molar-refractivity contribution in [2.24, 2.45) is 28.9 Å². The van der Waals surface area contributed by atoms with Crippen molar-refractivity contribution in [2.45, 2.75) is 162 Å². The molecule has 0 radical (unpaired) electrons. The number of H-pyrrole nitrogens is 1. The fourth-order valence-electron chi connectivity index (χ4n) is 10.2. The molecule has 2 saturated heterocycles. The van der Waals surface area contributed by atoms with Crippen molar-refractivity contribution >= 4 is 86.8 Å². The molecule has 3 aliphatic rings. The molecule has 6 heterocycles. The number of aliphatic hydroxyl groups excluding tert-OH is 7. The first-order valence-corrected chi connectivity index (χ1v) is 34.4. The van der Waals surface area contributed by atoms with Gasteiger partial charge < -0.3 is 130 Å². The maximum Gasteiger partial charge on any atom is 0.404 e. The third kappa shape index (κ3) is 20.0. The Morgan fingerprint density at radius 1 is 0.825 bits per heavy atom. The number of nitrogens with zero attached hydrogens (tertiary/aromatic N) is 5. The summed E-state index contributed by atoms with van der Waals surface area (Å²) in [5, 5.41) is 109. The molecule has 0 spiro atoms. The molecule has 4 aromatic rings. The van der Waals surface area contributed by atoms with Gasteiger partial charge in [0.05, 0.1) is 84.7 Å². The van der Waals surface area contributed by atoms with E-state index >= 15 is 4.79 Å². The van der Waals surface area contributed by atoms with E-state index in [2.05, 4.69) is 74.3 Å². The Labute approximate surface area is 564 Å². The molecule has 3 fully saturated rings. The standard InChI is InChI=1S/C56H83N17O21S3/c1-21-33(70-46(73-44(21)59)25(13-31(58)76)65-14-24(57)45(60)82)49(85)71-34(40(26-15-62-20-66-26)92-54-42(38(80)36(78)29(16-74)91-54)93-53-39(81)41(94-55(61)88)37(79)30(17-75)90-53)50(86)67-23(3)35(77)22(2)47(83)72-43(56(89)8-9-56)51(87)64-11-7-32-68-28(19-95-32)52-69-27(18-96-52)48(84)63-10-6-12-97(4)5/h15,18-20,22-25,29-30,34-43,53-54,65,74-75,77-81,89H,6-14,16-17,57H2,1-5H3,(H13-,58,59,60,61,62,63,64,66,67,70,71,72,73,76,82,83,84,85,86,87,88)/p+1/t22-,23+,24-,25-,29-,30+,34-,35-,36+,37+,38-,39-,40-,41-,42-,43+,53+,54-/m0/s1. The molecule has 0 bridgehead atoms. The van der Waals surface area contributed by atoms with Crippen LogP contribution >= 0.6 is 22.7 Å². The minimum absolute atomic E-state index is 0.0122. The van der Waals surface area contributed by atoms with Crippen LogP contribution in [0.3, 0.4) is 0 Å². The summed E-state index contributed by atoms with van der Waals surface area (Å²) in [4.78, 5) is 131. The molecule has 7 rings (SSSR count). The molecule has 0 unspecified atom stereocenters. The van der Waals surface area contributed by atoms with Crippen molar-refractivity contribution in [3.63, 3.8) is 0 Å². The van der Waals surface area contributed by atoms with Crippen LogP contribution in [0.4, 0.5) is 10.6 Å². The van der Waals surface area contributed by atoms with Gasteiger partial charge in [-0.05, 0) is 37.6 Å². The molecule has 25 N–H and O–H groups in total. The van der Waals surface area contributed by atoms with Gasteiger partial charge in [-0.3, -0.25) is 33.6 Å². The van der Waals surface area contributed by atoms with Crippen LogP contribution in [0.2, 0.25) is 0 Å². The molecule has 2 aliphatic heterocycles. The van der Waals surface area contributed by atoms with E-state index in [1.165, 1.54) is 43.4 Å². The number of nitrogen functional groups attached to an aromatic ring is 1. The van der Waals surface area contributed by atoms with Crippen molar-refractivity contribution < 1.29 is 103 Å². The lowest BCUT2D eigenvalue weighted by Crippen LogP contribution is -2.65. The summed E-state index contributed by atoms with van der Waals surface area (Å²) in [7, 11) is 0.255. The summed E-state index contributed by atoms with van der Waals surface area (Å²) in [6.07, 6.45) is -18.2. The van der Waals surface area contributed by atoms with Crippen LogP contribution in [0.15, 0.2) is 23.3 Å². The van der Waals surface area contributed by atoms with Crippen molar-refractivity contribution in [3.8, 4) is 10.7 Å². The number of primary amides is 3. The van der Waals surface area contributed by atoms with Crippen LogP contribution in [-0.2, 0) is 65.0 Å². The second-order valence-electron chi connectivity index (χ2n) is 23.6. The fraction of sp³-hybridized carbons (Fsp3) is 0.625. The second kappa shape index (κ2) is 34.5. The maximum absolute atomic E-state index is 15.2. The van der Waals surface area contributed by atoms with Crippen LogP contribution in [-0.4, -0.2) is 267 Å². The molecule has 536 valence electrons. The van der Waals surface area contributed by atoms with Crippen LogP contribution in [0.1, 0.15) is 94.7 Å². The molecule has 1 saturated carbocycles. The van der Waals surface area contributed by atoms with E-state index in [-0.39, 0.29) is 77.7 Å². The Hall–Kier alpha value is -7.30. The summed E-state index contributed by atoms with van der Waals surface area (Å²) in [6.45, 7) is 2.00. The number of ether oxygens (including phenoxy) is 5. The van der Waals surface area contributed by atoms with Gasteiger partial charge in [0.25, 0.3) is 11.8 Å². The van der Waals surface area contributed by atoms with E-state index in [9.17, 15) is 74.4 Å². The number of anilines is 1. The van der Waals surface area contributed by atoms with Crippen molar-refractivity contribution in [1.82, 2.24) is 61.8 Å². The Balaban J connectivity index is 1.14. The molecule has 0 aromatic carbocycles. The number of hydrogen-bond acceptors (Lipinski definition) is 31. The minimum atomic E-state index is -2.20. The normalized spacial score (nSPS) is 24.6. The second-order valence-corrected chi connectivity index (χ2v) is 27.8. The summed E-state index contributed by atoms with van der Waals surface area (Å²) < 4.78 is 28.8. The Morgan fingerprint density at radius 3 is 2.14 bits per heavy atom. The van der Waals surface area contributed by atoms with Gasteiger partial charge in [-0.1, -0.05) is 6.92 Å². The zero-order valence-electron chi connectivity index (χ0n) is 53.2. The van der Waals surface area contributed by atoms with E-state index in [1.807, 2.05) is 0 Å². The van der Waals surface area contributed by atoms with Gasteiger partial charge in [-0.15, -0.1) is 22.7 Å². The van der Waals surface area contributed by atoms with E-state index in [1.54, 1.807) is 10.8 Å². The average Bonchev–Trinajstić information content (AvgIpc) is 1.74. The molecular weight excluding hydrogens is 1340 g/mol. The number of aromatic amines is 1. The highest BCUT2D eigenvalue weighted by molar-refractivity contribution is 7.95. The van der Waals surface area contributed by atoms with Gasteiger partial charge in [-0.2, -0.15) is 0 Å². The number of rotatable bonds is 35. The van der Waals surface area contributed by atoms with E-state index in [0.717, 1.165) is 24.7 Å². The summed E-state index contributed by atoms with van der Waals surface area (Å²) in [6, 6.07) is -7.78. The topological polar surface area (TPSA) is 627 Å². The first kappa shape index (κ1) is 77.1. The highest BCUT2D eigenvalue weighted by Gasteiger charge is 2.55. The highest BCUT2D eigenvalue weighted by Crippen LogP contribution is 2.39. The lowest BCUT2D eigenvalue weighted by molar-refractivity contribution is -0.372. The molecule has 1 aliphatic carbocycles. The fourth-order valence-corrected chi connectivity index (χ4v) is 12.6. The zero-order chi connectivity index (χ0) is 71.3. The van der Waals surface area contributed by atoms with Crippen LogP contribution in [0.5, 0.6) is 0 Å². The van der Waals surface area contributed by atoms with Crippen LogP contribution in [0.25, 0.3) is 10.7 Å². The number of carbonyl (C=O) groups is 8. The van der Waals surface area contributed by atoms with Gasteiger partial charge >= 0.3 is 6.09 Å². The predicted molar refractivity (Wildman–Crippen MR) is 341 cm³/mol. The van der Waals surface area contributed by atoms with Crippen molar-refractivity contribution in [2.75, 3.05) is 56.8 Å². The third-order valence-electron chi connectivity index (χ3n) is 16.1. The number of nitrogens with one attached hydrogen (secondary N) is 7. The Bertz CT molecular complexity index is 3370. The summed E-state index contributed by atoms with van der Waals surface area (Å²) >= 11 is 2.54. The Kier molecular flexibility index (Phi) is 27.4. The summed E-state index contributed by atoms with van der Waals surface area (Å²) in [5.41, 5.74) is 26.5. The number of amides is 8. The van der Waals surface area contributed by atoms with E-state index < -0.39 is 182 Å². The first-order chi connectivity index (χ1) is 45.9. The molecule has 18 atom stereocenters. The molecule has 4 aromatic heterocycles. The zero-order valence-corrected chi connectivity index (χ0v) is 55.7. The Morgan fingerprint density at radius 2 is 1.52 bits per heavy atom. The lowest BCUT2D eigenvalue weighted by atomic mass is 9.96. The average molecular weight is 1430 g/mol. The predicted octanol–water partition coefficient (Wildman–Crippen LogP) is -7.56. The molecule has 8 amide bonds. The van der Waals surface area contributed by atoms with Crippen molar-refractivity contribution in [3.05, 3.63) is 56.8 Å². The first-order valence-electron chi connectivity index (χ1n) is 30.4. The van der Waals surface area contributed by atoms with Gasteiger partial charge in [0.1, 0.15) is 100 Å². The lowest BCUT2D eigenvalue weighted by Gasteiger charge is -2.47. The maximum atomic E-state index is 15.2. The number of nitrogens with two attached hydrogens (primary N) is 5. The van der Waals surface area contributed by atoms with Crippen LogP contribution in [0, 0.1) is 12.8 Å². The highest BCUT2D eigenvalue weighted by atomic mass is 32.2. The number of carbonyl (C=O) groups excluding carboxylic acids is 8. The van der Waals surface area contributed by atoms with Gasteiger partial charge in [0, 0.05) is 55.2 Å². The number of aromatic nitrogens is 6. The summed E-state index contributed by atoms with van der Waals surface area (Å²) in [5.74, 6) is -7.57. The van der Waals surface area contributed by atoms with Gasteiger partial charge in [0.15, 0.2) is 18.7 Å². The van der Waals surface area contributed by atoms with E-state index in [0.29, 0.717) is 22.3 Å². The van der Waals surface area contributed by atoms with Crippen molar-refractivity contribution in [1.29, 1.82) is 0 Å². The number of imidazole rings is 1.